The van der Waals surface area contributed by atoms with Crippen LogP contribution in [0.5, 0.6) is 0 Å². The van der Waals surface area contributed by atoms with Crippen molar-refractivity contribution in [2.24, 2.45) is 0 Å². The highest BCUT2D eigenvalue weighted by Crippen LogP contribution is 2.32. The number of nitrogens with zero attached hydrogens (tertiary/aromatic N) is 1. The van der Waals surface area contributed by atoms with E-state index in [1.54, 1.807) is 43.0 Å². The lowest BCUT2D eigenvalue weighted by atomic mass is 10.0. The number of aromatic nitrogens is 1. The number of thiazole rings is 1. The van der Waals surface area contributed by atoms with Crippen molar-refractivity contribution < 1.29 is 18.0 Å². The van der Waals surface area contributed by atoms with Crippen LogP contribution in [-0.4, -0.2) is 16.2 Å². The Morgan fingerprint density at radius 3 is 2.51 bits per heavy atom. The Morgan fingerprint density at radius 2 is 1.83 bits per heavy atom. The number of carbonyl (C=O) groups is 1. The van der Waals surface area contributed by atoms with Gasteiger partial charge in [-0.25, -0.2) is 0 Å². The van der Waals surface area contributed by atoms with Crippen molar-refractivity contribution in [3.63, 3.8) is 0 Å². The highest BCUT2D eigenvalue weighted by Gasteiger charge is 2.31. The molecule has 1 atom stereocenters. The van der Waals surface area contributed by atoms with E-state index in [2.05, 4.69) is 12.2 Å². The van der Waals surface area contributed by atoms with E-state index in [-0.39, 0.29) is 17.2 Å². The number of halogens is 3. The van der Waals surface area contributed by atoms with Gasteiger partial charge in [0.1, 0.15) is 0 Å². The first-order chi connectivity index (χ1) is 16.7. The molecular weight excluding hydrogens is 493 g/mol. The van der Waals surface area contributed by atoms with Gasteiger partial charge in [0.05, 0.1) is 28.2 Å². The molecule has 4 rings (SSSR count). The summed E-state index contributed by atoms with van der Waals surface area (Å²) in [6.45, 7) is 3.78. The van der Waals surface area contributed by atoms with Crippen molar-refractivity contribution in [2.45, 2.75) is 37.4 Å². The lowest BCUT2D eigenvalue weighted by Crippen LogP contribution is -2.19. The number of amides is 1. The quantitative estimate of drug-likeness (QED) is 0.270. The predicted octanol–water partition coefficient (Wildman–Crippen LogP) is 6.98. The Hall–Kier alpha value is -3.04. The molecule has 0 aliphatic rings. The predicted molar refractivity (Wildman–Crippen MR) is 137 cm³/mol. The van der Waals surface area contributed by atoms with Gasteiger partial charge in [0.2, 0.25) is 5.91 Å². The van der Waals surface area contributed by atoms with Gasteiger partial charge in [-0.3, -0.25) is 14.2 Å². The second-order valence-corrected chi connectivity index (χ2v) is 10.4. The van der Waals surface area contributed by atoms with Crippen LogP contribution in [0.2, 0.25) is 0 Å². The fourth-order valence-electron chi connectivity index (χ4n) is 3.87. The number of benzene rings is 3. The zero-order valence-electron chi connectivity index (χ0n) is 19.1. The summed E-state index contributed by atoms with van der Waals surface area (Å²) in [6, 6.07) is 17.4. The first kappa shape index (κ1) is 25.1. The smallest absolute Gasteiger partial charge is 0.326 e. The zero-order valence-corrected chi connectivity index (χ0v) is 20.7. The average Bonchev–Trinajstić information content (AvgIpc) is 3.14. The van der Waals surface area contributed by atoms with Crippen LogP contribution in [0.1, 0.15) is 36.6 Å². The van der Waals surface area contributed by atoms with Crippen LogP contribution in [-0.2, 0) is 17.4 Å². The highest BCUT2D eigenvalue weighted by molar-refractivity contribution is 7.99. The molecule has 0 fully saturated rings. The molecule has 35 heavy (non-hydrogen) atoms. The molecule has 0 bridgehead atoms. The lowest BCUT2D eigenvalue weighted by molar-refractivity contribution is -0.137. The average molecular weight is 517 g/mol. The van der Waals surface area contributed by atoms with Gasteiger partial charge >= 0.3 is 11.0 Å². The number of hydrogen-bond acceptors (Lipinski definition) is 4. The van der Waals surface area contributed by atoms with Crippen molar-refractivity contribution in [1.82, 2.24) is 4.57 Å². The molecule has 1 aromatic heterocycles. The zero-order chi connectivity index (χ0) is 25.2. The minimum absolute atomic E-state index is 0.177. The monoisotopic (exact) mass is 516 g/mol. The number of hydrogen-bond donors (Lipinski definition) is 1. The summed E-state index contributed by atoms with van der Waals surface area (Å²) in [5.74, 6) is 0.804. The summed E-state index contributed by atoms with van der Waals surface area (Å²) < 4.78 is 41.5. The van der Waals surface area contributed by atoms with Crippen molar-refractivity contribution in [1.29, 1.82) is 0 Å². The maximum atomic E-state index is 13.1. The Morgan fingerprint density at radius 1 is 1.09 bits per heavy atom. The molecule has 4 aromatic rings. The maximum absolute atomic E-state index is 13.1. The van der Waals surface area contributed by atoms with Crippen molar-refractivity contribution in [3.05, 3.63) is 93.1 Å². The molecule has 9 heteroatoms. The van der Waals surface area contributed by atoms with Crippen LogP contribution in [0.25, 0.3) is 10.2 Å². The largest absolute Gasteiger partial charge is 0.416 e. The minimum Gasteiger partial charge on any atom is -0.326 e. The Labute approximate surface area is 208 Å². The highest BCUT2D eigenvalue weighted by atomic mass is 32.2. The SMILES string of the molecule is CCSc1ccc(CC(=O)Nc2ccc3c(c2)sc(=O)n3C(C)c2cccc(C(F)(F)F)c2)cc1. The molecule has 3 aromatic carbocycles. The van der Waals surface area contributed by atoms with Crippen LogP contribution in [0.15, 0.2) is 76.4 Å². The van der Waals surface area contributed by atoms with E-state index in [1.165, 1.54) is 10.6 Å². The lowest BCUT2D eigenvalue weighted by Gasteiger charge is -2.16. The van der Waals surface area contributed by atoms with Gasteiger partial charge in [-0.1, -0.05) is 42.5 Å². The van der Waals surface area contributed by atoms with Crippen LogP contribution < -0.4 is 10.2 Å². The number of thioether (sulfide) groups is 1. The third-order valence-electron chi connectivity index (χ3n) is 5.58. The number of rotatable bonds is 7. The van der Waals surface area contributed by atoms with E-state index < -0.39 is 17.8 Å². The topological polar surface area (TPSA) is 51.1 Å². The summed E-state index contributed by atoms with van der Waals surface area (Å²) in [5.41, 5.74) is 1.70. The summed E-state index contributed by atoms with van der Waals surface area (Å²) in [6.07, 6.45) is -4.24. The molecule has 0 radical (unpaired) electrons. The van der Waals surface area contributed by atoms with E-state index in [9.17, 15) is 22.8 Å². The molecule has 0 saturated heterocycles. The summed E-state index contributed by atoms with van der Waals surface area (Å²) in [5, 5.41) is 2.86. The fraction of sp³-hybridized carbons (Fsp3) is 0.231. The first-order valence-corrected chi connectivity index (χ1v) is 12.8. The number of anilines is 1. The molecule has 0 aliphatic heterocycles. The number of carbonyl (C=O) groups excluding carboxylic acids is 1. The Bertz CT molecular complexity index is 1410. The van der Waals surface area contributed by atoms with Crippen molar-refractivity contribution >= 4 is 44.9 Å². The Balaban J connectivity index is 1.53. The number of nitrogens with one attached hydrogen (secondary N) is 1. The maximum Gasteiger partial charge on any atom is 0.416 e. The molecule has 0 saturated carbocycles. The third-order valence-corrected chi connectivity index (χ3v) is 7.39. The van der Waals surface area contributed by atoms with Crippen molar-refractivity contribution in [3.8, 4) is 0 Å². The summed E-state index contributed by atoms with van der Waals surface area (Å²) >= 11 is 2.73. The third kappa shape index (κ3) is 5.79. The molecule has 1 unspecified atom stereocenters. The normalized spacial score (nSPS) is 12.6. The molecule has 0 aliphatic carbocycles. The van der Waals surface area contributed by atoms with Crippen LogP contribution in [0, 0.1) is 0 Å². The first-order valence-electron chi connectivity index (χ1n) is 11.0. The van der Waals surface area contributed by atoms with Gasteiger partial charge in [0, 0.05) is 10.6 Å². The summed E-state index contributed by atoms with van der Waals surface area (Å²) in [7, 11) is 0. The fourth-order valence-corrected chi connectivity index (χ4v) is 5.53. The van der Waals surface area contributed by atoms with Gasteiger partial charge in [-0.05, 0) is 66.3 Å². The molecular formula is C26H23F3N2O2S2. The summed E-state index contributed by atoms with van der Waals surface area (Å²) in [4.78, 5) is 26.2. The second kappa shape index (κ2) is 10.3. The van der Waals surface area contributed by atoms with Gasteiger partial charge in [0.25, 0.3) is 0 Å². The standard InChI is InChI=1S/C26H23F3N2O2S2/c1-3-34-21-10-7-17(8-11-21)13-24(32)30-20-9-12-22-23(15-20)35-25(33)31(22)16(2)18-5-4-6-19(14-18)26(27,28)29/h4-12,14-16H,3,13H2,1-2H3,(H,30,32). The van der Waals surface area contributed by atoms with E-state index in [0.29, 0.717) is 21.5 Å². The molecule has 1 heterocycles. The second-order valence-electron chi connectivity index (χ2n) is 8.02. The van der Waals surface area contributed by atoms with Crippen LogP contribution in [0.3, 0.4) is 0 Å². The van der Waals surface area contributed by atoms with E-state index >= 15 is 0 Å². The molecule has 1 N–H and O–H groups in total. The van der Waals surface area contributed by atoms with E-state index in [0.717, 1.165) is 39.7 Å². The molecule has 182 valence electrons. The van der Waals surface area contributed by atoms with Crippen LogP contribution in [0.4, 0.5) is 18.9 Å². The molecule has 4 nitrogen and oxygen atoms in total. The van der Waals surface area contributed by atoms with Crippen molar-refractivity contribution in [2.75, 3.05) is 11.1 Å². The molecule has 0 spiro atoms. The van der Waals surface area contributed by atoms with E-state index in [1.807, 2.05) is 24.3 Å². The van der Waals surface area contributed by atoms with Gasteiger partial charge < -0.3 is 5.32 Å². The van der Waals surface area contributed by atoms with Gasteiger partial charge in [0.15, 0.2) is 0 Å². The number of fused-ring (bicyclic) bond motifs is 1. The van der Waals surface area contributed by atoms with Crippen LogP contribution >= 0.6 is 23.1 Å². The van der Waals surface area contributed by atoms with E-state index in [4.69, 9.17) is 0 Å². The van der Waals surface area contributed by atoms with Gasteiger partial charge in [-0.15, -0.1) is 11.8 Å². The number of alkyl halides is 3. The van der Waals surface area contributed by atoms with Gasteiger partial charge in [-0.2, -0.15) is 13.2 Å². The minimum atomic E-state index is -4.46. The Kier molecular flexibility index (Phi) is 7.37. The molecule has 1 amide bonds.